The van der Waals surface area contributed by atoms with Gasteiger partial charge in [-0.05, 0) is 30.8 Å². The van der Waals surface area contributed by atoms with Gasteiger partial charge in [0.25, 0.3) is 5.91 Å². The number of hydrogen-bond donors (Lipinski definition) is 1. The highest BCUT2D eigenvalue weighted by Crippen LogP contribution is 2.31. The Morgan fingerprint density at radius 2 is 2.10 bits per heavy atom. The topological polar surface area (TPSA) is 78.8 Å². The molecular weight excluding hydrogens is 277 g/mol. The summed E-state index contributed by atoms with van der Waals surface area (Å²) in [5.41, 5.74) is 0.907. The zero-order chi connectivity index (χ0) is 15.1. The Hall–Kier alpha value is -2.57. The van der Waals surface area contributed by atoms with Crippen molar-refractivity contribution in [2.45, 2.75) is 25.4 Å². The van der Waals surface area contributed by atoms with E-state index in [1.54, 1.807) is 0 Å². The number of piperidine rings is 1. The molecule has 1 saturated heterocycles. The molecule has 0 aromatic heterocycles. The lowest BCUT2D eigenvalue weighted by molar-refractivity contribution is -0.136. The number of fused-ring (bicyclic) bond motifs is 1. The summed E-state index contributed by atoms with van der Waals surface area (Å²) < 4.78 is 13.7. The minimum absolute atomic E-state index is 0.0756. The summed E-state index contributed by atoms with van der Waals surface area (Å²) in [4.78, 5) is 40.2. The van der Waals surface area contributed by atoms with Crippen molar-refractivity contribution in [3.8, 4) is 0 Å². The average Bonchev–Trinajstić information content (AvgIpc) is 2.75. The van der Waals surface area contributed by atoms with Crippen molar-refractivity contribution in [1.82, 2.24) is 10.2 Å². The van der Waals surface area contributed by atoms with Gasteiger partial charge in [-0.3, -0.25) is 24.7 Å². The van der Waals surface area contributed by atoms with Gasteiger partial charge in [0.1, 0.15) is 11.9 Å². The summed E-state index contributed by atoms with van der Waals surface area (Å²) >= 11 is 0. The highest BCUT2D eigenvalue weighted by Gasteiger charge is 2.39. The molecule has 0 radical (unpaired) electrons. The van der Waals surface area contributed by atoms with Crippen LogP contribution >= 0.6 is 0 Å². The Bertz CT molecular complexity index is 686. The third kappa shape index (κ3) is 2.10. The highest BCUT2D eigenvalue weighted by atomic mass is 19.1. The average molecular weight is 289 g/mol. The standard InChI is InChI=1S/C14H12FN3O3/c1-16-10-4-7-6-18(14(21)8(7)5-9(10)15)11-2-3-12(19)17-13(11)20/h4-5,11H,1-3,6H2,(H,17,19,20). The molecule has 6 nitrogen and oxygen atoms in total. The molecule has 2 aliphatic rings. The number of nitrogens with one attached hydrogen (secondary N) is 1. The zero-order valence-corrected chi connectivity index (χ0v) is 11.1. The molecule has 7 heteroatoms. The summed E-state index contributed by atoms with van der Waals surface area (Å²) in [7, 11) is 0. The monoisotopic (exact) mass is 289 g/mol. The van der Waals surface area contributed by atoms with Crippen LogP contribution in [-0.4, -0.2) is 35.4 Å². The van der Waals surface area contributed by atoms with E-state index in [9.17, 15) is 18.8 Å². The van der Waals surface area contributed by atoms with E-state index in [-0.39, 0.29) is 36.5 Å². The molecule has 1 unspecified atom stereocenters. The molecule has 2 aliphatic heterocycles. The number of imide groups is 1. The Balaban J connectivity index is 1.91. The molecule has 0 saturated carbocycles. The summed E-state index contributed by atoms with van der Waals surface area (Å²) in [6.07, 6.45) is 0.462. The van der Waals surface area contributed by atoms with Crippen LogP contribution in [0.3, 0.4) is 0 Å². The molecule has 1 N–H and O–H groups in total. The van der Waals surface area contributed by atoms with Gasteiger partial charge >= 0.3 is 0 Å². The first kappa shape index (κ1) is 13.4. The Labute approximate surface area is 119 Å². The normalized spacial score (nSPS) is 21.3. The lowest BCUT2D eigenvalue weighted by Crippen LogP contribution is -2.52. The number of carbonyl (C=O) groups excluding carboxylic acids is 3. The van der Waals surface area contributed by atoms with Crippen molar-refractivity contribution in [2.24, 2.45) is 4.99 Å². The van der Waals surface area contributed by atoms with Gasteiger partial charge in [0.2, 0.25) is 11.8 Å². The van der Waals surface area contributed by atoms with Crippen molar-refractivity contribution in [3.63, 3.8) is 0 Å². The zero-order valence-electron chi connectivity index (χ0n) is 11.1. The minimum atomic E-state index is -0.703. The molecule has 1 aromatic carbocycles. The number of rotatable bonds is 2. The predicted molar refractivity (Wildman–Crippen MR) is 71.7 cm³/mol. The fourth-order valence-corrected chi connectivity index (χ4v) is 2.70. The van der Waals surface area contributed by atoms with Crippen LogP contribution < -0.4 is 5.32 Å². The molecule has 108 valence electrons. The van der Waals surface area contributed by atoms with Gasteiger partial charge in [0, 0.05) is 18.5 Å². The number of aliphatic imine (C=N–C) groups is 1. The first-order valence-corrected chi connectivity index (χ1v) is 6.45. The van der Waals surface area contributed by atoms with Gasteiger partial charge in [0.15, 0.2) is 0 Å². The number of amides is 3. The van der Waals surface area contributed by atoms with E-state index in [1.165, 1.54) is 11.0 Å². The van der Waals surface area contributed by atoms with Crippen molar-refractivity contribution >= 4 is 30.1 Å². The van der Waals surface area contributed by atoms with Gasteiger partial charge in [-0.1, -0.05) is 0 Å². The maximum atomic E-state index is 13.7. The number of carbonyl (C=O) groups is 3. The summed E-state index contributed by atoms with van der Waals surface area (Å²) in [5, 5.41) is 2.21. The first-order chi connectivity index (χ1) is 10.0. The number of nitrogens with zero attached hydrogens (tertiary/aromatic N) is 2. The highest BCUT2D eigenvalue weighted by molar-refractivity contribution is 6.05. The van der Waals surface area contributed by atoms with Crippen LogP contribution in [0.1, 0.15) is 28.8 Å². The van der Waals surface area contributed by atoms with Gasteiger partial charge in [-0.15, -0.1) is 0 Å². The molecule has 3 rings (SSSR count). The molecule has 1 aromatic rings. The lowest BCUT2D eigenvalue weighted by atomic mass is 10.0. The van der Waals surface area contributed by atoms with Crippen LogP contribution in [0.2, 0.25) is 0 Å². The molecule has 0 spiro atoms. The van der Waals surface area contributed by atoms with E-state index < -0.39 is 23.7 Å². The van der Waals surface area contributed by atoms with Gasteiger partial charge < -0.3 is 4.90 Å². The molecule has 21 heavy (non-hydrogen) atoms. The Kier molecular flexibility index (Phi) is 3.04. The molecule has 2 heterocycles. The van der Waals surface area contributed by atoms with Crippen LogP contribution in [-0.2, 0) is 16.1 Å². The second kappa shape index (κ2) is 4.76. The van der Waals surface area contributed by atoms with Crippen LogP contribution in [0, 0.1) is 5.82 Å². The predicted octanol–water partition coefficient (Wildman–Crippen LogP) is 0.919. The largest absolute Gasteiger partial charge is 0.322 e. The fraction of sp³-hybridized carbons (Fsp3) is 0.286. The third-order valence-corrected chi connectivity index (χ3v) is 3.76. The van der Waals surface area contributed by atoms with Crippen molar-refractivity contribution < 1.29 is 18.8 Å². The smallest absolute Gasteiger partial charge is 0.255 e. The van der Waals surface area contributed by atoms with E-state index in [0.717, 1.165) is 6.07 Å². The summed E-state index contributed by atoms with van der Waals surface area (Å²) in [6.45, 7) is 3.47. The number of benzene rings is 1. The number of hydrogen-bond acceptors (Lipinski definition) is 4. The Morgan fingerprint density at radius 3 is 2.76 bits per heavy atom. The van der Waals surface area contributed by atoms with Crippen LogP contribution in [0.5, 0.6) is 0 Å². The molecular formula is C14H12FN3O3. The van der Waals surface area contributed by atoms with Crippen LogP contribution in [0.4, 0.5) is 10.1 Å². The fourth-order valence-electron chi connectivity index (χ4n) is 2.70. The first-order valence-electron chi connectivity index (χ1n) is 6.45. The maximum absolute atomic E-state index is 13.7. The van der Waals surface area contributed by atoms with E-state index in [4.69, 9.17) is 0 Å². The van der Waals surface area contributed by atoms with E-state index in [2.05, 4.69) is 17.0 Å². The maximum Gasteiger partial charge on any atom is 0.255 e. The lowest BCUT2D eigenvalue weighted by Gasteiger charge is -2.29. The minimum Gasteiger partial charge on any atom is -0.322 e. The molecule has 3 amide bonds. The van der Waals surface area contributed by atoms with E-state index in [1.807, 2.05) is 0 Å². The van der Waals surface area contributed by atoms with Crippen LogP contribution in [0.15, 0.2) is 17.1 Å². The van der Waals surface area contributed by atoms with Gasteiger partial charge in [-0.2, -0.15) is 0 Å². The second-order valence-electron chi connectivity index (χ2n) is 5.02. The quantitative estimate of drug-likeness (QED) is 0.649. The summed E-state index contributed by atoms with van der Waals surface area (Å²) in [5.74, 6) is -1.87. The van der Waals surface area contributed by atoms with Crippen molar-refractivity contribution in [1.29, 1.82) is 0 Å². The van der Waals surface area contributed by atoms with E-state index >= 15 is 0 Å². The molecule has 1 atom stereocenters. The number of halogens is 1. The van der Waals surface area contributed by atoms with Crippen molar-refractivity contribution in [2.75, 3.05) is 0 Å². The van der Waals surface area contributed by atoms with Gasteiger partial charge in [-0.25, -0.2) is 4.39 Å². The SMILES string of the molecule is C=Nc1cc2c(cc1F)C(=O)N(C1CCC(=O)NC1=O)C2. The van der Waals surface area contributed by atoms with Crippen LogP contribution in [0.25, 0.3) is 0 Å². The molecule has 1 fully saturated rings. The second-order valence-corrected chi connectivity index (χ2v) is 5.02. The third-order valence-electron chi connectivity index (χ3n) is 3.76. The Morgan fingerprint density at radius 1 is 1.33 bits per heavy atom. The van der Waals surface area contributed by atoms with Gasteiger partial charge in [0.05, 0.1) is 5.69 Å². The summed E-state index contributed by atoms with van der Waals surface area (Å²) in [6, 6.07) is 1.88. The van der Waals surface area contributed by atoms with Crippen molar-refractivity contribution in [3.05, 3.63) is 29.1 Å². The molecule has 0 bridgehead atoms. The molecule has 0 aliphatic carbocycles. The van der Waals surface area contributed by atoms with E-state index in [0.29, 0.717) is 5.56 Å².